The van der Waals surface area contributed by atoms with E-state index in [1.54, 1.807) is 30.3 Å². The van der Waals surface area contributed by atoms with Crippen molar-refractivity contribution in [2.24, 2.45) is 0 Å². The minimum atomic E-state index is -0.863. The van der Waals surface area contributed by atoms with E-state index in [1.165, 1.54) is 0 Å². The number of esters is 1. The average molecular weight is 209 g/mol. The molecule has 1 aromatic rings. The molecule has 5 nitrogen and oxygen atoms in total. The molecule has 80 valence electrons. The van der Waals surface area contributed by atoms with Crippen LogP contribution in [-0.4, -0.2) is 30.3 Å². The maximum absolute atomic E-state index is 11.3. The van der Waals surface area contributed by atoms with Crippen molar-refractivity contribution in [1.82, 2.24) is 5.32 Å². The van der Waals surface area contributed by atoms with Crippen molar-refractivity contribution in [3.63, 3.8) is 0 Å². The molecule has 1 rings (SSSR count). The molecule has 0 heterocycles. The van der Waals surface area contributed by atoms with Gasteiger partial charge in [0.05, 0.1) is 12.2 Å². The molecule has 0 aliphatic carbocycles. The van der Waals surface area contributed by atoms with Crippen LogP contribution in [0.25, 0.3) is 0 Å². The highest BCUT2D eigenvalue weighted by atomic mass is 16.6. The Kier molecular flexibility index (Phi) is 4.30. The quantitative estimate of drug-likeness (QED) is 0.563. The Morgan fingerprint density at radius 3 is 2.53 bits per heavy atom. The molecule has 1 amide bonds. The summed E-state index contributed by atoms with van der Waals surface area (Å²) in [5, 5.41) is 10.6. The van der Waals surface area contributed by atoms with Gasteiger partial charge in [0.15, 0.2) is 0 Å². The largest absolute Gasteiger partial charge is 0.415 e. The number of benzene rings is 1. The van der Waals surface area contributed by atoms with Crippen molar-refractivity contribution in [3.05, 3.63) is 35.9 Å². The molecular formula is C10H11NO4. The fourth-order valence-electron chi connectivity index (χ4n) is 0.911. The molecule has 15 heavy (non-hydrogen) atoms. The molecule has 0 saturated carbocycles. The molecule has 0 bridgehead atoms. The van der Waals surface area contributed by atoms with Gasteiger partial charge in [-0.1, -0.05) is 18.2 Å². The van der Waals surface area contributed by atoms with Gasteiger partial charge < -0.3 is 15.2 Å². The number of aliphatic hydroxyl groups excluding tert-OH is 1. The number of aliphatic hydroxyl groups is 1. The van der Waals surface area contributed by atoms with Crippen LogP contribution in [0.5, 0.6) is 0 Å². The van der Waals surface area contributed by atoms with Gasteiger partial charge in [-0.05, 0) is 12.1 Å². The number of nitrogens with one attached hydrogen (secondary N) is 1. The maximum atomic E-state index is 11.3. The number of alkyl carbamates (subject to hydrolysis) is 1. The van der Waals surface area contributed by atoms with Crippen molar-refractivity contribution < 1.29 is 19.4 Å². The second-order valence-corrected chi connectivity index (χ2v) is 2.69. The molecule has 0 spiro atoms. The zero-order valence-corrected chi connectivity index (χ0v) is 7.97. The van der Waals surface area contributed by atoms with Crippen molar-refractivity contribution in [2.75, 3.05) is 13.2 Å². The van der Waals surface area contributed by atoms with E-state index >= 15 is 0 Å². The Hall–Kier alpha value is -1.88. The van der Waals surface area contributed by atoms with Gasteiger partial charge in [-0.3, -0.25) is 0 Å². The highest BCUT2D eigenvalue weighted by Gasteiger charge is 2.11. The zero-order valence-electron chi connectivity index (χ0n) is 7.97. The van der Waals surface area contributed by atoms with Crippen molar-refractivity contribution in [1.29, 1.82) is 0 Å². The normalized spacial score (nSPS) is 9.40. The van der Waals surface area contributed by atoms with Crippen LogP contribution in [-0.2, 0) is 4.74 Å². The summed E-state index contributed by atoms with van der Waals surface area (Å²) in [6, 6.07) is 8.18. The summed E-state index contributed by atoms with van der Waals surface area (Å²) in [4.78, 5) is 22.2. The first-order valence-corrected chi connectivity index (χ1v) is 4.40. The lowest BCUT2D eigenvalue weighted by atomic mass is 10.2. The van der Waals surface area contributed by atoms with E-state index in [0.717, 1.165) is 0 Å². The van der Waals surface area contributed by atoms with Crippen LogP contribution in [0.2, 0.25) is 0 Å². The van der Waals surface area contributed by atoms with Gasteiger partial charge in [0.2, 0.25) is 0 Å². The van der Waals surface area contributed by atoms with Gasteiger partial charge in [0, 0.05) is 6.54 Å². The molecule has 0 unspecified atom stereocenters. The second-order valence-electron chi connectivity index (χ2n) is 2.69. The molecule has 0 aliphatic heterocycles. The zero-order chi connectivity index (χ0) is 11.1. The van der Waals surface area contributed by atoms with Crippen LogP contribution in [0.1, 0.15) is 10.4 Å². The van der Waals surface area contributed by atoms with Gasteiger partial charge in [-0.2, -0.15) is 0 Å². The van der Waals surface area contributed by atoms with E-state index in [0.29, 0.717) is 5.56 Å². The molecule has 0 aromatic heterocycles. The second kappa shape index (κ2) is 5.77. The Bertz CT molecular complexity index is 337. The van der Waals surface area contributed by atoms with E-state index < -0.39 is 12.1 Å². The van der Waals surface area contributed by atoms with E-state index in [1.807, 2.05) is 0 Å². The predicted molar refractivity (Wildman–Crippen MR) is 52.3 cm³/mol. The van der Waals surface area contributed by atoms with Gasteiger partial charge in [0.25, 0.3) is 0 Å². The number of hydrogen-bond donors (Lipinski definition) is 2. The third-order valence-corrected chi connectivity index (χ3v) is 1.58. The lowest BCUT2D eigenvalue weighted by Gasteiger charge is -2.03. The Morgan fingerprint density at radius 1 is 1.27 bits per heavy atom. The van der Waals surface area contributed by atoms with Crippen LogP contribution in [0, 0.1) is 0 Å². The first kappa shape index (κ1) is 11.2. The number of ether oxygens (including phenoxy) is 1. The van der Waals surface area contributed by atoms with Gasteiger partial charge >= 0.3 is 12.1 Å². The fraction of sp³-hybridized carbons (Fsp3) is 0.200. The van der Waals surface area contributed by atoms with E-state index in [2.05, 4.69) is 10.1 Å². The standard InChI is InChI=1S/C10H11NO4/c12-7-6-11-10(14)15-9(13)8-4-2-1-3-5-8/h1-5,12H,6-7H2,(H,11,14). The Morgan fingerprint density at radius 2 is 1.93 bits per heavy atom. The molecule has 1 aromatic carbocycles. The third-order valence-electron chi connectivity index (χ3n) is 1.58. The summed E-state index contributed by atoms with van der Waals surface area (Å²) in [5.74, 6) is -0.717. The van der Waals surface area contributed by atoms with Crippen LogP contribution in [0.4, 0.5) is 4.79 Å². The first-order chi connectivity index (χ1) is 7.24. The van der Waals surface area contributed by atoms with E-state index in [9.17, 15) is 9.59 Å². The molecule has 0 aliphatic rings. The average Bonchev–Trinajstić information content (AvgIpc) is 2.27. The van der Waals surface area contributed by atoms with Gasteiger partial charge in [-0.25, -0.2) is 9.59 Å². The van der Waals surface area contributed by atoms with Crippen LogP contribution in [0.3, 0.4) is 0 Å². The SMILES string of the molecule is O=C(NCCO)OC(=O)c1ccccc1. The van der Waals surface area contributed by atoms with E-state index in [-0.39, 0.29) is 13.2 Å². The fourth-order valence-corrected chi connectivity index (χ4v) is 0.911. The molecule has 5 heteroatoms. The van der Waals surface area contributed by atoms with Crippen LogP contribution < -0.4 is 5.32 Å². The Labute approximate surface area is 86.7 Å². The first-order valence-electron chi connectivity index (χ1n) is 4.40. The predicted octanol–water partition coefficient (Wildman–Crippen LogP) is 0.545. The van der Waals surface area contributed by atoms with Gasteiger partial charge in [0.1, 0.15) is 0 Å². The maximum Gasteiger partial charge on any atom is 0.415 e. The lowest BCUT2D eigenvalue weighted by molar-refractivity contribution is 0.0620. The summed E-state index contributed by atoms with van der Waals surface area (Å²) in [7, 11) is 0. The molecule has 2 N–H and O–H groups in total. The molecule has 0 fully saturated rings. The minimum Gasteiger partial charge on any atom is -0.395 e. The topological polar surface area (TPSA) is 75.6 Å². The molecule has 0 radical (unpaired) electrons. The number of amides is 1. The number of carbonyl (C=O) groups excluding carboxylic acids is 2. The molecule has 0 saturated heterocycles. The summed E-state index contributed by atoms with van der Waals surface area (Å²) in [6.07, 6.45) is -0.863. The Balaban J connectivity index is 2.46. The van der Waals surface area contributed by atoms with E-state index in [4.69, 9.17) is 5.11 Å². The number of carbonyl (C=O) groups is 2. The summed E-state index contributed by atoms with van der Waals surface area (Å²) in [6.45, 7) is -0.143. The van der Waals surface area contributed by atoms with Gasteiger partial charge in [-0.15, -0.1) is 0 Å². The highest BCUT2D eigenvalue weighted by molar-refractivity contribution is 5.96. The van der Waals surface area contributed by atoms with Crippen molar-refractivity contribution >= 4 is 12.1 Å². The number of rotatable bonds is 3. The summed E-state index contributed by atoms with van der Waals surface area (Å²) < 4.78 is 4.44. The summed E-state index contributed by atoms with van der Waals surface area (Å²) in [5.41, 5.74) is 0.302. The smallest absolute Gasteiger partial charge is 0.395 e. The molecular weight excluding hydrogens is 198 g/mol. The van der Waals surface area contributed by atoms with Crippen LogP contribution >= 0.6 is 0 Å². The molecule has 0 atom stereocenters. The van der Waals surface area contributed by atoms with Crippen LogP contribution in [0.15, 0.2) is 30.3 Å². The monoisotopic (exact) mass is 209 g/mol. The third kappa shape index (κ3) is 3.78. The van der Waals surface area contributed by atoms with Crippen molar-refractivity contribution in [2.45, 2.75) is 0 Å². The highest BCUT2D eigenvalue weighted by Crippen LogP contribution is 2.00. The minimum absolute atomic E-state index is 0.0565. The number of hydrogen-bond acceptors (Lipinski definition) is 4. The van der Waals surface area contributed by atoms with Crippen molar-refractivity contribution in [3.8, 4) is 0 Å². The summed E-state index contributed by atoms with van der Waals surface area (Å²) >= 11 is 0. The lowest BCUT2D eigenvalue weighted by Crippen LogP contribution is -2.29.